The number of sulfonamides is 1. The summed E-state index contributed by atoms with van der Waals surface area (Å²) in [6, 6.07) is 6.23. The van der Waals surface area contributed by atoms with Gasteiger partial charge in [0.15, 0.2) is 0 Å². The molecular weight excluding hydrogens is 466 g/mol. The zero-order chi connectivity index (χ0) is 23.7. The Kier molecular flexibility index (Phi) is 6.43. The van der Waals surface area contributed by atoms with Gasteiger partial charge in [-0.3, -0.25) is 4.79 Å². The van der Waals surface area contributed by atoms with Gasteiger partial charge in [-0.05, 0) is 55.3 Å². The van der Waals surface area contributed by atoms with Crippen LogP contribution in [0.3, 0.4) is 0 Å². The second kappa shape index (κ2) is 8.62. The Morgan fingerprint density at radius 2 is 1.69 bits per heavy atom. The van der Waals surface area contributed by atoms with E-state index in [1.807, 2.05) is 0 Å². The first-order valence-electron chi connectivity index (χ1n) is 9.13. The molecule has 1 aliphatic rings. The molecule has 1 aliphatic heterocycles. The number of rotatable bonds is 5. The van der Waals surface area contributed by atoms with E-state index in [1.54, 1.807) is 0 Å². The van der Waals surface area contributed by atoms with Crippen LogP contribution in [-0.4, -0.2) is 37.6 Å². The Balaban J connectivity index is 1.77. The van der Waals surface area contributed by atoms with Crippen LogP contribution in [0.4, 0.5) is 32.0 Å². The van der Waals surface area contributed by atoms with Crippen molar-refractivity contribution >= 4 is 21.6 Å². The molecule has 1 fully saturated rings. The zero-order valence-corrected chi connectivity index (χ0v) is 16.9. The van der Waals surface area contributed by atoms with Gasteiger partial charge in [-0.15, -0.1) is 13.2 Å². The molecule has 3 rings (SSSR count). The summed E-state index contributed by atoms with van der Waals surface area (Å²) in [7, 11) is -4.41. The third-order valence-electron chi connectivity index (χ3n) is 4.63. The monoisotopic (exact) mass is 482 g/mol. The maximum absolute atomic E-state index is 13.0. The van der Waals surface area contributed by atoms with Gasteiger partial charge >= 0.3 is 12.5 Å². The zero-order valence-electron chi connectivity index (χ0n) is 16.1. The van der Waals surface area contributed by atoms with E-state index in [2.05, 4.69) is 10.1 Å². The van der Waals surface area contributed by atoms with Crippen molar-refractivity contribution in [1.29, 1.82) is 0 Å². The molecule has 2 aromatic rings. The van der Waals surface area contributed by atoms with E-state index >= 15 is 0 Å². The molecule has 0 unspecified atom stereocenters. The lowest BCUT2D eigenvalue weighted by molar-refractivity contribution is -0.274. The topological polar surface area (TPSA) is 75.7 Å². The Hall–Kier alpha value is -2.80. The molecule has 0 aliphatic carbocycles. The Labute approximate surface area is 178 Å². The highest BCUT2D eigenvalue weighted by Gasteiger charge is 2.40. The van der Waals surface area contributed by atoms with Crippen LogP contribution < -0.4 is 10.1 Å². The second-order valence-corrected chi connectivity index (χ2v) is 8.75. The normalized spacial score (nSPS) is 17.9. The van der Waals surface area contributed by atoms with Crippen molar-refractivity contribution in [2.45, 2.75) is 36.3 Å². The largest absolute Gasteiger partial charge is 0.573 e. The number of hydrogen-bond acceptors (Lipinski definition) is 4. The molecule has 1 saturated heterocycles. The van der Waals surface area contributed by atoms with E-state index in [4.69, 9.17) is 0 Å². The maximum atomic E-state index is 13.0. The molecule has 1 amide bonds. The minimum absolute atomic E-state index is 0.0744. The number of halogens is 6. The number of amides is 1. The summed E-state index contributed by atoms with van der Waals surface area (Å²) >= 11 is 0. The fourth-order valence-corrected chi connectivity index (χ4v) is 4.93. The third-order valence-corrected chi connectivity index (χ3v) is 6.53. The van der Waals surface area contributed by atoms with Crippen LogP contribution in [0.15, 0.2) is 53.4 Å². The number of ether oxygens (including phenoxy) is 1. The molecule has 0 saturated carbocycles. The number of carbonyl (C=O) groups excluding carboxylic acids is 1. The summed E-state index contributed by atoms with van der Waals surface area (Å²) in [5.41, 5.74) is -1.05. The van der Waals surface area contributed by atoms with Crippen LogP contribution in [0.25, 0.3) is 0 Å². The third kappa shape index (κ3) is 5.51. The highest BCUT2D eigenvalue weighted by molar-refractivity contribution is 7.89. The van der Waals surface area contributed by atoms with Crippen molar-refractivity contribution in [2.75, 3.05) is 11.9 Å². The van der Waals surface area contributed by atoms with Crippen LogP contribution >= 0.6 is 0 Å². The van der Waals surface area contributed by atoms with Crippen molar-refractivity contribution in [3.05, 3.63) is 54.1 Å². The van der Waals surface area contributed by atoms with Gasteiger partial charge in [-0.2, -0.15) is 17.5 Å². The fraction of sp³-hybridized carbons (Fsp3) is 0.316. The number of benzene rings is 2. The van der Waals surface area contributed by atoms with E-state index < -0.39 is 50.7 Å². The molecule has 0 aromatic heterocycles. The molecule has 6 nitrogen and oxygen atoms in total. The summed E-state index contributed by atoms with van der Waals surface area (Å²) in [6.45, 7) is -0.0744. The molecule has 2 aromatic carbocycles. The molecular formula is C19H16F6N2O4S. The summed E-state index contributed by atoms with van der Waals surface area (Å²) < 4.78 is 106. The summed E-state index contributed by atoms with van der Waals surface area (Å²) in [5.74, 6) is -1.27. The number of carbonyl (C=O) groups is 1. The van der Waals surface area contributed by atoms with E-state index in [0.717, 1.165) is 46.8 Å². The Bertz CT molecular complexity index is 1080. The standard InChI is InChI=1S/C19H16F6N2O4S/c20-18(21,22)12-3-1-4-15(11-12)32(29,30)27-10-2-5-16(27)17(28)26-13-6-8-14(9-7-13)31-19(23,24)25/h1,3-4,6-9,11,16H,2,5,10H2,(H,26,28)/t16-/m1/s1. The number of nitrogens with one attached hydrogen (secondary N) is 1. The van der Waals surface area contributed by atoms with Gasteiger partial charge in [0.1, 0.15) is 11.8 Å². The lowest BCUT2D eigenvalue weighted by Crippen LogP contribution is -2.43. The number of hydrogen-bond donors (Lipinski definition) is 1. The average Bonchev–Trinajstić information content (AvgIpc) is 3.19. The van der Waals surface area contributed by atoms with Gasteiger partial charge in [0, 0.05) is 12.2 Å². The number of alkyl halides is 6. The van der Waals surface area contributed by atoms with Crippen molar-refractivity contribution in [3.63, 3.8) is 0 Å². The van der Waals surface area contributed by atoms with Gasteiger partial charge < -0.3 is 10.1 Å². The lowest BCUT2D eigenvalue weighted by atomic mass is 10.2. The predicted octanol–water partition coefficient (Wildman–Crippen LogP) is 4.40. The Morgan fingerprint density at radius 3 is 2.28 bits per heavy atom. The van der Waals surface area contributed by atoms with Gasteiger partial charge in [-0.1, -0.05) is 6.07 Å². The SMILES string of the molecule is O=C(Nc1ccc(OC(F)(F)F)cc1)[C@H]1CCCN1S(=O)(=O)c1cccc(C(F)(F)F)c1. The van der Waals surface area contributed by atoms with Crippen molar-refractivity contribution in [1.82, 2.24) is 4.31 Å². The molecule has 32 heavy (non-hydrogen) atoms. The van der Waals surface area contributed by atoms with Gasteiger partial charge in [0.25, 0.3) is 0 Å². The molecule has 1 atom stereocenters. The molecule has 0 radical (unpaired) electrons. The van der Waals surface area contributed by atoms with E-state index in [-0.39, 0.29) is 18.7 Å². The molecule has 174 valence electrons. The quantitative estimate of drug-likeness (QED) is 0.642. The molecule has 1 N–H and O–H groups in total. The van der Waals surface area contributed by atoms with Gasteiger partial charge in [-0.25, -0.2) is 8.42 Å². The van der Waals surface area contributed by atoms with Crippen LogP contribution in [0.2, 0.25) is 0 Å². The highest BCUT2D eigenvalue weighted by Crippen LogP contribution is 2.33. The first kappa shape index (κ1) is 23.9. The molecule has 0 bridgehead atoms. The minimum atomic E-state index is -4.88. The minimum Gasteiger partial charge on any atom is -0.406 e. The van der Waals surface area contributed by atoms with E-state index in [0.29, 0.717) is 12.5 Å². The Morgan fingerprint density at radius 1 is 1.03 bits per heavy atom. The second-order valence-electron chi connectivity index (χ2n) is 6.86. The number of anilines is 1. The van der Waals surface area contributed by atoms with Crippen LogP contribution in [0.1, 0.15) is 18.4 Å². The summed E-state index contributed by atoms with van der Waals surface area (Å²) in [4.78, 5) is 12.0. The first-order valence-corrected chi connectivity index (χ1v) is 10.6. The van der Waals surface area contributed by atoms with Crippen LogP contribution in [0, 0.1) is 0 Å². The predicted molar refractivity (Wildman–Crippen MR) is 100 cm³/mol. The van der Waals surface area contributed by atoms with Gasteiger partial charge in [0.05, 0.1) is 10.5 Å². The average molecular weight is 482 g/mol. The van der Waals surface area contributed by atoms with Gasteiger partial charge in [0.2, 0.25) is 15.9 Å². The van der Waals surface area contributed by atoms with Crippen LogP contribution in [-0.2, 0) is 21.0 Å². The molecule has 1 heterocycles. The van der Waals surface area contributed by atoms with E-state index in [9.17, 15) is 39.6 Å². The first-order chi connectivity index (χ1) is 14.8. The van der Waals surface area contributed by atoms with Crippen molar-refractivity contribution in [2.24, 2.45) is 0 Å². The van der Waals surface area contributed by atoms with Crippen LogP contribution in [0.5, 0.6) is 5.75 Å². The molecule has 0 spiro atoms. The van der Waals surface area contributed by atoms with Crippen molar-refractivity contribution in [3.8, 4) is 5.75 Å². The molecule has 13 heteroatoms. The summed E-state index contributed by atoms with van der Waals surface area (Å²) in [6.07, 6.45) is -9.20. The maximum Gasteiger partial charge on any atom is 0.573 e. The number of nitrogens with zero attached hydrogens (tertiary/aromatic N) is 1. The van der Waals surface area contributed by atoms with Crippen molar-refractivity contribution < 1.29 is 44.3 Å². The highest BCUT2D eigenvalue weighted by atomic mass is 32.2. The lowest BCUT2D eigenvalue weighted by Gasteiger charge is -2.24. The fourth-order valence-electron chi connectivity index (χ4n) is 3.22. The smallest absolute Gasteiger partial charge is 0.406 e. The summed E-state index contributed by atoms with van der Waals surface area (Å²) in [5, 5.41) is 2.40. The van der Waals surface area contributed by atoms with E-state index in [1.165, 1.54) is 0 Å².